The van der Waals surface area contributed by atoms with Gasteiger partial charge in [-0.25, -0.2) is 0 Å². The fourth-order valence-corrected chi connectivity index (χ4v) is 1.96. The van der Waals surface area contributed by atoms with Crippen LogP contribution in [0.25, 0.3) is 0 Å². The lowest BCUT2D eigenvalue weighted by Gasteiger charge is -2.17. The first-order valence-electron chi connectivity index (χ1n) is 6.77. The Balaban J connectivity index is 2.55. The van der Waals surface area contributed by atoms with E-state index in [0.29, 0.717) is 5.69 Å². The van der Waals surface area contributed by atoms with Gasteiger partial charge in [-0.05, 0) is 38.2 Å². The van der Waals surface area contributed by atoms with Crippen molar-refractivity contribution in [3.8, 4) is 6.07 Å². The lowest BCUT2D eigenvalue weighted by Crippen LogP contribution is -2.25. The molecule has 0 aliphatic carbocycles. The van der Waals surface area contributed by atoms with E-state index in [9.17, 15) is 10.1 Å². The summed E-state index contributed by atoms with van der Waals surface area (Å²) in [5.74, 6) is 0. The Kier molecular flexibility index (Phi) is 6.47. The fourth-order valence-electron chi connectivity index (χ4n) is 1.96. The Hall–Kier alpha value is -2.13. The average Bonchev–Trinajstić information content (AvgIpc) is 2.47. The number of nitro groups is 1. The molecule has 1 rings (SSSR count). The Morgan fingerprint density at radius 1 is 1.40 bits per heavy atom. The molecular formula is C14H20N4O2. The van der Waals surface area contributed by atoms with Crippen LogP contribution in [0.2, 0.25) is 0 Å². The third-order valence-corrected chi connectivity index (χ3v) is 3.19. The smallest absolute Gasteiger partial charge is 0.289 e. The highest BCUT2D eigenvalue weighted by molar-refractivity contribution is 5.59. The zero-order valence-corrected chi connectivity index (χ0v) is 11.9. The number of anilines is 1. The first-order valence-corrected chi connectivity index (χ1v) is 6.77. The molecule has 0 aromatic heterocycles. The monoisotopic (exact) mass is 276 g/mol. The van der Waals surface area contributed by atoms with Crippen LogP contribution in [0.5, 0.6) is 0 Å². The van der Waals surface area contributed by atoms with E-state index in [0.717, 1.165) is 32.6 Å². The van der Waals surface area contributed by atoms with Gasteiger partial charge in [0.2, 0.25) is 0 Å². The van der Waals surface area contributed by atoms with Crippen molar-refractivity contribution in [1.29, 1.82) is 5.26 Å². The van der Waals surface area contributed by atoms with Crippen molar-refractivity contribution >= 4 is 11.4 Å². The van der Waals surface area contributed by atoms with Crippen molar-refractivity contribution in [2.45, 2.75) is 20.3 Å². The van der Waals surface area contributed by atoms with E-state index < -0.39 is 4.92 Å². The summed E-state index contributed by atoms with van der Waals surface area (Å²) in [7, 11) is 0. The van der Waals surface area contributed by atoms with Crippen LogP contribution in [0.15, 0.2) is 18.2 Å². The number of nitriles is 1. The van der Waals surface area contributed by atoms with E-state index in [2.05, 4.69) is 24.1 Å². The third-order valence-electron chi connectivity index (χ3n) is 3.19. The standard InChI is InChI=1S/C14H20N4O2/c1-3-17(4-2)9-5-8-16-13-7-6-12(11-15)14(10-13)18(19)20/h6-7,10,16H,3-5,8-9H2,1-2H3. The summed E-state index contributed by atoms with van der Waals surface area (Å²) in [5.41, 5.74) is 0.611. The van der Waals surface area contributed by atoms with Crippen LogP contribution < -0.4 is 5.32 Å². The highest BCUT2D eigenvalue weighted by Gasteiger charge is 2.13. The summed E-state index contributed by atoms with van der Waals surface area (Å²) in [4.78, 5) is 12.6. The van der Waals surface area contributed by atoms with Crippen molar-refractivity contribution in [1.82, 2.24) is 4.90 Å². The highest BCUT2D eigenvalue weighted by atomic mass is 16.6. The maximum atomic E-state index is 10.8. The van der Waals surface area contributed by atoms with Gasteiger partial charge in [0.1, 0.15) is 11.6 Å². The molecule has 20 heavy (non-hydrogen) atoms. The van der Waals surface area contributed by atoms with Gasteiger partial charge < -0.3 is 10.2 Å². The molecule has 1 aromatic rings. The maximum Gasteiger partial charge on any atom is 0.289 e. The fraction of sp³-hybridized carbons (Fsp3) is 0.500. The molecule has 6 heteroatoms. The van der Waals surface area contributed by atoms with Crippen LogP contribution in [0.3, 0.4) is 0 Å². The van der Waals surface area contributed by atoms with Gasteiger partial charge >= 0.3 is 0 Å². The predicted molar refractivity (Wildman–Crippen MR) is 78.7 cm³/mol. The van der Waals surface area contributed by atoms with Crippen molar-refractivity contribution in [2.24, 2.45) is 0 Å². The van der Waals surface area contributed by atoms with Crippen LogP contribution >= 0.6 is 0 Å². The Labute approximate surface area is 119 Å². The molecular weight excluding hydrogens is 256 g/mol. The summed E-state index contributed by atoms with van der Waals surface area (Å²) >= 11 is 0. The summed E-state index contributed by atoms with van der Waals surface area (Å²) in [6.07, 6.45) is 0.968. The summed E-state index contributed by atoms with van der Waals surface area (Å²) in [6.45, 7) is 8.05. The van der Waals surface area contributed by atoms with Crippen LogP contribution in [0.4, 0.5) is 11.4 Å². The molecule has 0 aliphatic heterocycles. The Morgan fingerprint density at radius 3 is 2.65 bits per heavy atom. The molecule has 0 heterocycles. The molecule has 1 N–H and O–H groups in total. The summed E-state index contributed by atoms with van der Waals surface area (Å²) in [5, 5.41) is 22.8. The van der Waals surface area contributed by atoms with Crippen LogP contribution in [0, 0.1) is 21.4 Å². The lowest BCUT2D eigenvalue weighted by molar-refractivity contribution is -0.385. The first kappa shape index (κ1) is 15.9. The second-order valence-electron chi connectivity index (χ2n) is 4.41. The molecule has 1 aromatic carbocycles. The zero-order chi connectivity index (χ0) is 15.0. The van der Waals surface area contributed by atoms with E-state index >= 15 is 0 Å². The van der Waals surface area contributed by atoms with Crippen LogP contribution in [0.1, 0.15) is 25.8 Å². The second-order valence-corrected chi connectivity index (χ2v) is 4.41. The summed E-state index contributed by atoms with van der Waals surface area (Å²) in [6, 6.07) is 6.41. The minimum Gasteiger partial charge on any atom is -0.385 e. The maximum absolute atomic E-state index is 10.8. The zero-order valence-electron chi connectivity index (χ0n) is 11.9. The van der Waals surface area contributed by atoms with E-state index in [-0.39, 0.29) is 11.3 Å². The molecule has 0 fully saturated rings. The molecule has 0 spiro atoms. The molecule has 0 amide bonds. The average molecular weight is 276 g/mol. The normalized spacial score (nSPS) is 10.3. The molecule has 0 saturated carbocycles. The van der Waals surface area contributed by atoms with Gasteiger partial charge in [0.25, 0.3) is 5.69 Å². The quantitative estimate of drug-likeness (QED) is 0.448. The van der Waals surface area contributed by atoms with E-state index in [4.69, 9.17) is 5.26 Å². The molecule has 108 valence electrons. The number of hydrogen-bond donors (Lipinski definition) is 1. The highest BCUT2D eigenvalue weighted by Crippen LogP contribution is 2.22. The van der Waals surface area contributed by atoms with Gasteiger partial charge in [0.05, 0.1) is 4.92 Å². The topological polar surface area (TPSA) is 82.2 Å². The van der Waals surface area contributed by atoms with Crippen molar-refractivity contribution in [3.63, 3.8) is 0 Å². The largest absolute Gasteiger partial charge is 0.385 e. The second kappa shape index (κ2) is 8.12. The number of hydrogen-bond acceptors (Lipinski definition) is 5. The Morgan fingerprint density at radius 2 is 2.10 bits per heavy atom. The molecule has 6 nitrogen and oxygen atoms in total. The Bertz CT molecular complexity index is 492. The number of rotatable bonds is 8. The third kappa shape index (κ3) is 4.52. The van der Waals surface area contributed by atoms with Gasteiger partial charge in [-0.3, -0.25) is 10.1 Å². The minimum atomic E-state index is -0.528. The SMILES string of the molecule is CCN(CC)CCCNc1ccc(C#N)c([N+](=O)[O-])c1. The summed E-state index contributed by atoms with van der Waals surface area (Å²) < 4.78 is 0. The van der Waals surface area contributed by atoms with E-state index in [1.54, 1.807) is 6.07 Å². The number of benzene rings is 1. The first-order chi connectivity index (χ1) is 9.62. The van der Waals surface area contributed by atoms with Gasteiger partial charge in [-0.2, -0.15) is 5.26 Å². The lowest BCUT2D eigenvalue weighted by atomic mass is 10.2. The van der Waals surface area contributed by atoms with Crippen LogP contribution in [-0.2, 0) is 0 Å². The number of nitro benzene ring substituents is 1. The molecule has 0 saturated heterocycles. The molecule has 0 unspecified atom stereocenters. The molecule has 0 aliphatic rings. The van der Waals surface area contributed by atoms with Gasteiger partial charge in [-0.15, -0.1) is 0 Å². The number of nitrogens with one attached hydrogen (secondary N) is 1. The van der Waals surface area contributed by atoms with Gasteiger partial charge in [0, 0.05) is 18.3 Å². The number of nitrogens with zero attached hydrogens (tertiary/aromatic N) is 3. The van der Waals surface area contributed by atoms with Crippen molar-refractivity contribution < 1.29 is 4.92 Å². The van der Waals surface area contributed by atoms with Crippen molar-refractivity contribution in [3.05, 3.63) is 33.9 Å². The van der Waals surface area contributed by atoms with Gasteiger partial charge in [-0.1, -0.05) is 13.8 Å². The van der Waals surface area contributed by atoms with Gasteiger partial charge in [0.15, 0.2) is 0 Å². The van der Waals surface area contributed by atoms with E-state index in [1.165, 1.54) is 12.1 Å². The van der Waals surface area contributed by atoms with Crippen molar-refractivity contribution in [2.75, 3.05) is 31.5 Å². The molecule has 0 radical (unpaired) electrons. The molecule has 0 atom stereocenters. The van der Waals surface area contributed by atoms with Crippen LogP contribution in [-0.4, -0.2) is 36.0 Å². The minimum absolute atomic E-state index is 0.0868. The predicted octanol–water partition coefficient (Wildman–Crippen LogP) is 2.61. The molecule has 0 bridgehead atoms. The van der Waals surface area contributed by atoms with E-state index in [1.807, 2.05) is 6.07 Å².